The van der Waals surface area contributed by atoms with E-state index in [1.807, 2.05) is 0 Å². The molecular weight excluding hydrogens is 625 g/mol. The predicted octanol–water partition coefficient (Wildman–Crippen LogP) is 12.6. The van der Waals surface area contributed by atoms with Crippen molar-refractivity contribution in [2.45, 2.75) is 25.7 Å². The average molecular weight is 661 g/mol. The summed E-state index contributed by atoms with van der Waals surface area (Å²) in [7, 11) is 0. The molecule has 0 heterocycles. The Morgan fingerprint density at radius 3 is 1.37 bits per heavy atom. The van der Waals surface area contributed by atoms with Crippen LogP contribution in [0.25, 0.3) is 99.4 Å². The number of fused-ring (bicyclic) bond motifs is 15. The minimum atomic E-state index is -0.130. The van der Waals surface area contributed by atoms with Gasteiger partial charge in [0.2, 0.25) is 0 Å². The van der Waals surface area contributed by atoms with Gasteiger partial charge in [0.05, 0.1) is 0 Å². The molecule has 0 saturated heterocycles. The molecule has 0 amide bonds. The lowest BCUT2D eigenvalue weighted by atomic mass is 9.80. The Morgan fingerprint density at radius 2 is 0.788 bits per heavy atom. The Morgan fingerprint density at radius 1 is 0.385 bits per heavy atom. The second kappa shape index (κ2) is 10.9. The molecule has 0 radical (unpaired) electrons. The van der Waals surface area contributed by atoms with Gasteiger partial charge in [-0.3, -0.25) is 0 Å². The topological polar surface area (TPSA) is 0 Å². The van der Waals surface area contributed by atoms with Crippen LogP contribution in [-0.4, -0.2) is 0 Å². The Hall–Kier alpha value is -6.24. The maximum atomic E-state index is 2.46. The standard InChI is InChI=1S/C52H36/c1-52(2)50-30-34(32-20-24-44-40-13-5-3-4-12-36(40)38-15-8-10-18-42(38)48(44)28-32)22-26-46(50)47-27-23-35(31-51(47)52)33-21-25-45-41-17-7-6-14-37(41)39-16-9-11-19-43(39)49(45)29-33/h3-4,6-31H,5H2,1-2H3. The summed E-state index contributed by atoms with van der Waals surface area (Å²) in [5.74, 6) is 0. The van der Waals surface area contributed by atoms with E-state index in [1.165, 1.54) is 109 Å². The van der Waals surface area contributed by atoms with Gasteiger partial charge in [-0.05, 0) is 139 Å². The van der Waals surface area contributed by atoms with Crippen LogP contribution in [0.5, 0.6) is 0 Å². The fourth-order valence-corrected chi connectivity index (χ4v) is 9.44. The van der Waals surface area contributed by atoms with E-state index in [1.54, 1.807) is 0 Å². The van der Waals surface area contributed by atoms with E-state index in [0.29, 0.717) is 0 Å². The van der Waals surface area contributed by atoms with E-state index < -0.39 is 0 Å². The van der Waals surface area contributed by atoms with Crippen molar-refractivity contribution in [1.29, 1.82) is 0 Å². The minimum Gasteiger partial charge on any atom is -0.0807 e. The van der Waals surface area contributed by atoms with Crippen LogP contribution in [0.15, 0.2) is 158 Å². The zero-order valence-corrected chi connectivity index (χ0v) is 29.4. The van der Waals surface area contributed by atoms with Crippen molar-refractivity contribution in [3.05, 3.63) is 179 Å². The van der Waals surface area contributed by atoms with Crippen molar-refractivity contribution >= 4 is 66.0 Å². The molecule has 9 aromatic carbocycles. The van der Waals surface area contributed by atoms with Gasteiger partial charge < -0.3 is 0 Å². The van der Waals surface area contributed by atoms with Gasteiger partial charge in [0.1, 0.15) is 0 Å². The first-order chi connectivity index (χ1) is 25.5. The van der Waals surface area contributed by atoms with Crippen LogP contribution < -0.4 is 10.4 Å². The van der Waals surface area contributed by atoms with Crippen LogP contribution in [0.1, 0.15) is 31.4 Å². The van der Waals surface area contributed by atoms with E-state index in [4.69, 9.17) is 0 Å². The smallest absolute Gasteiger partial charge is 0.0159 e. The summed E-state index contributed by atoms with van der Waals surface area (Å²) < 4.78 is 0. The first-order valence-electron chi connectivity index (χ1n) is 18.5. The lowest BCUT2D eigenvalue weighted by molar-refractivity contribution is 0.661. The number of benzene rings is 9. The SMILES string of the molecule is CC1(C)c2cc(-c3ccc4c5c(c6ccccc6c4c3)=CC=CCC=5)ccc2-c2ccc(-c3ccc4c5ccccc5c5ccccc5c4c3)cc21. The highest BCUT2D eigenvalue weighted by Gasteiger charge is 2.36. The van der Waals surface area contributed by atoms with Gasteiger partial charge in [-0.2, -0.15) is 0 Å². The normalized spacial score (nSPS) is 14.3. The first-order valence-corrected chi connectivity index (χ1v) is 18.5. The molecule has 0 atom stereocenters. The molecule has 0 aromatic heterocycles. The minimum absolute atomic E-state index is 0.130. The maximum absolute atomic E-state index is 2.46. The largest absolute Gasteiger partial charge is 0.0807 e. The summed E-state index contributed by atoms with van der Waals surface area (Å²) in [6.45, 7) is 4.80. The lowest BCUT2D eigenvalue weighted by Gasteiger charge is -2.23. The van der Waals surface area contributed by atoms with Crippen LogP contribution >= 0.6 is 0 Å². The highest BCUT2D eigenvalue weighted by molar-refractivity contribution is 6.25. The van der Waals surface area contributed by atoms with Gasteiger partial charge in [-0.15, -0.1) is 0 Å². The second-order valence-corrected chi connectivity index (χ2v) is 15.2. The molecule has 0 aliphatic heterocycles. The molecule has 0 unspecified atom stereocenters. The van der Waals surface area contributed by atoms with Crippen molar-refractivity contribution in [2.75, 3.05) is 0 Å². The van der Waals surface area contributed by atoms with Crippen LogP contribution in [0.3, 0.4) is 0 Å². The van der Waals surface area contributed by atoms with Crippen molar-refractivity contribution < 1.29 is 0 Å². The number of hydrogen-bond donors (Lipinski definition) is 0. The molecule has 9 aromatic rings. The molecule has 0 nitrogen and oxygen atoms in total. The van der Waals surface area contributed by atoms with Crippen molar-refractivity contribution in [2.24, 2.45) is 0 Å². The van der Waals surface area contributed by atoms with E-state index in [-0.39, 0.29) is 5.41 Å². The first kappa shape index (κ1) is 29.5. The second-order valence-electron chi connectivity index (χ2n) is 15.2. The van der Waals surface area contributed by atoms with Crippen molar-refractivity contribution in [3.63, 3.8) is 0 Å². The van der Waals surface area contributed by atoms with Crippen LogP contribution in [0, 0.1) is 0 Å². The van der Waals surface area contributed by atoms with Gasteiger partial charge in [0, 0.05) is 5.41 Å². The quantitative estimate of drug-likeness (QED) is 0.162. The van der Waals surface area contributed by atoms with Crippen molar-refractivity contribution in [1.82, 2.24) is 0 Å². The van der Waals surface area contributed by atoms with E-state index in [2.05, 4.69) is 184 Å². The predicted molar refractivity (Wildman–Crippen MR) is 224 cm³/mol. The molecule has 0 saturated carbocycles. The molecule has 0 fully saturated rings. The van der Waals surface area contributed by atoms with Gasteiger partial charge in [0.25, 0.3) is 0 Å². The molecular formula is C52H36. The van der Waals surface area contributed by atoms with Gasteiger partial charge in [-0.1, -0.05) is 159 Å². The summed E-state index contributed by atoms with van der Waals surface area (Å²) in [6, 6.07) is 55.0. The van der Waals surface area contributed by atoms with Crippen molar-refractivity contribution in [3.8, 4) is 33.4 Å². The zero-order chi connectivity index (χ0) is 34.6. The Labute approximate surface area is 303 Å². The lowest BCUT2D eigenvalue weighted by Crippen LogP contribution is -2.26. The molecule has 0 bridgehead atoms. The summed E-state index contributed by atoms with van der Waals surface area (Å²) >= 11 is 0. The average Bonchev–Trinajstić information content (AvgIpc) is 3.33. The van der Waals surface area contributed by atoms with Gasteiger partial charge in [-0.25, -0.2) is 0 Å². The summed E-state index contributed by atoms with van der Waals surface area (Å²) in [4.78, 5) is 0. The molecule has 2 aliphatic rings. The molecule has 11 rings (SSSR count). The van der Waals surface area contributed by atoms with E-state index in [0.717, 1.165) is 6.42 Å². The highest BCUT2D eigenvalue weighted by Crippen LogP contribution is 2.51. The third-order valence-electron chi connectivity index (χ3n) is 12.1. The van der Waals surface area contributed by atoms with E-state index in [9.17, 15) is 0 Å². The fraction of sp³-hybridized carbons (Fsp3) is 0.0769. The fourth-order valence-electron chi connectivity index (χ4n) is 9.44. The molecule has 0 N–H and O–H groups in total. The highest BCUT2D eigenvalue weighted by atomic mass is 14.4. The van der Waals surface area contributed by atoms with E-state index >= 15 is 0 Å². The molecule has 52 heavy (non-hydrogen) atoms. The van der Waals surface area contributed by atoms with Gasteiger partial charge >= 0.3 is 0 Å². The number of hydrogen-bond acceptors (Lipinski definition) is 0. The number of rotatable bonds is 2. The van der Waals surface area contributed by atoms with Crippen LogP contribution in [0.4, 0.5) is 0 Å². The Balaban J connectivity index is 1.03. The number of allylic oxidation sites excluding steroid dienone is 2. The molecule has 0 spiro atoms. The van der Waals surface area contributed by atoms with Crippen LogP contribution in [0.2, 0.25) is 0 Å². The Kier molecular flexibility index (Phi) is 6.17. The monoisotopic (exact) mass is 660 g/mol. The third kappa shape index (κ3) is 4.16. The summed E-state index contributed by atoms with van der Waals surface area (Å²) in [5, 5.41) is 15.8. The summed E-state index contributed by atoms with van der Waals surface area (Å²) in [5.41, 5.74) is 10.4. The Bertz CT molecular complexity index is 3130. The molecule has 244 valence electrons. The summed E-state index contributed by atoms with van der Waals surface area (Å²) in [6.07, 6.45) is 10.1. The molecule has 0 heteroatoms. The van der Waals surface area contributed by atoms with Crippen LogP contribution in [-0.2, 0) is 5.41 Å². The van der Waals surface area contributed by atoms with Gasteiger partial charge in [0.15, 0.2) is 0 Å². The maximum Gasteiger partial charge on any atom is 0.0159 e. The third-order valence-corrected chi connectivity index (χ3v) is 12.1. The zero-order valence-electron chi connectivity index (χ0n) is 29.4. The molecule has 2 aliphatic carbocycles.